The summed E-state index contributed by atoms with van der Waals surface area (Å²) in [5.74, 6) is -0.453. The molecule has 4 rings (SSSR count). The average molecular weight is 554 g/mol. The standard InChI is InChI=1S/C23H28ClN5O5S2/c1-23(2,3)34-21(32)12-5-6-15-19(25-12)28-22(36-15)27-18(30)11-29-9-13(14(10-29)33-4)26-20(31)16-7-8-17(24)35-16/h7-8,13-14H,5-6,9-11H2,1-4H3,(H,26,31)(H,27,28,30)/t13-,14-/m0/s1. The zero-order valence-electron chi connectivity index (χ0n) is 20.4. The number of anilines is 1. The Kier molecular flexibility index (Phi) is 8.10. The highest BCUT2D eigenvalue weighted by atomic mass is 35.5. The molecule has 0 spiro atoms. The number of esters is 1. The van der Waals surface area contributed by atoms with Gasteiger partial charge < -0.3 is 20.1 Å². The van der Waals surface area contributed by atoms with Crippen LogP contribution in [0.25, 0.3) is 0 Å². The van der Waals surface area contributed by atoms with E-state index in [9.17, 15) is 14.4 Å². The lowest BCUT2D eigenvalue weighted by Gasteiger charge is -2.20. The number of hydrogen-bond acceptors (Lipinski definition) is 10. The zero-order valence-corrected chi connectivity index (χ0v) is 22.8. The number of nitrogens with one attached hydrogen (secondary N) is 2. The number of fused-ring (bicyclic) bond motifs is 1. The maximum Gasteiger partial charge on any atom is 0.353 e. The number of hydrogen-bond donors (Lipinski definition) is 2. The molecule has 2 aliphatic heterocycles. The zero-order chi connectivity index (χ0) is 26.0. The van der Waals surface area contributed by atoms with E-state index in [1.54, 1.807) is 40.0 Å². The third kappa shape index (κ3) is 6.68. The van der Waals surface area contributed by atoms with Gasteiger partial charge in [0.25, 0.3) is 5.91 Å². The summed E-state index contributed by atoms with van der Waals surface area (Å²) < 4.78 is 11.5. The molecule has 2 aliphatic rings. The van der Waals surface area contributed by atoms with Crippen molar-refractivity contribution in [3.05, 3.63) is 26.2 Å². The maximum absolute atomic E-state index is 12.7. The van der Waals surface area contributed by atoms with Crippen LogP contribution < -0.4 is 10.6 Å². The summed E-state index contributed by atoms with van der Waals surface area (Å²) in [5, 5.41) is 6.23. The van der Waals surface area contributed by atoms with Crippen molar-refractivity contribution in [2.75, 3.05) is 32.1 Å². The van der Waals surface area contributed by atoms with Crippen LogP contribution in [0.3, 0.4) is 0 Å². The molecular weight excluding hydrogens is 526 g/mol. The molecule has 0 radical (unpaired) electrons. The van der Waals surface area contributed by atoms with Crippen LogP contribution in [0.1, 0.15) is 41.7 Å². The second kappa shape index (κ2) is 10.9. The van der Waals surface area contributed by atoms with Crippen molar-refractivity contribution >= 4 is 68.7 Å². The van der Waals surface area contributed by atoms with E-state index in [-0.39, 0.29) is 30.5 Å². The first-order valence-corrected chi connectivity index (χ1v) is 13.4. The molecule has 0 saturated carbocycles. The Bertz CT molecular complexity index is 1190. The van der Waals surface area contributed by atoms with Crippen LogP contribution in [0.15, 0.2) is 17.1 Å². The van der Waals surface area contributed by atoms with Gasteiger partial charge in [0, 0.05) is 26.6 Å². The second-order valence-corrected chi connectivity index (χ2v) is 12.3. The van der Waals surface area contributed by atoms with Gasteiger partial charge in [-0.25, -0.2) is 14.8 Å². The molecule has 1 fully saturated rings. The van der Waals surface area contributed by atoms with Crippen LogP contribution in [-0.2, 0) is 25.5 Å². The molecule has 2 N–H and O–H groups in total. The predicted molar refractivity (Wildman–Crippen MR) is 140 cm³/mol. The molecular formula is C23H28ClN5O5S2. The smallest absolute Gasteiger partial charge is 0.353 e. The fourth-order valence-electron chi connectivity index (χ4n) is 3.94. The molecule has 0 bridgehead atoms. The average Bonchev–Trinajstić information content (AvgIpc) is 3.49. The maximum atomic E-state index is 12.7. The van der Waals surface area contributed by atoms with Crippen LogP contribution in [0, 0.1) is 0 Å². The number of methoxy groups -OCH3 is 1. The Labute approximate surface area is 222 Å². The van der Waals surface area contributed by atoms with Crippen molar-refractivity contribution in [2.45, 2.75) is 51.4 Å². The highest BCUT2D eigenvalue weighted by molar-refractivity contribution is 7.18. The number of likely N-dealkylation sites (tertiary alicyclic amines) is 1. The van der Waals surface area contributed by atoms with Crippen molar-refractivity contribution in [1.29, 1.82) is 0 Å². The number of thiazole rings is 1. The third-order valence-electron chi connectivity index (χ3n) is 5.51. The molecule has 0 aromatic carbocycles. The van der Waals surface area contributed by atoms with Crippen LogP contribution in [-0.4, -0.2) is 77.9 Å². The molecule has 194 valence electrons. The SMILES string of the molecule is CO[C@H]1CN(CC(=O)Nc2nc3c(s2)CCC(C(=O)OC(C)(C)C)=N3)C[C@@H]1NC(=O)c1ccc(Cl)s1. The van der Waals surface area contributed by atoms with Gasteiger partial charge in [-0.15, -0.1) is 11.3 Å². The normalized spacial score (nSPS) is 20.0. The molecule has 4 heterocycles. The summed E-state index contributed by atoms with van der Waals surface area (Å²) in [7, 11) is 1.58. The number of carbonyl (C=O) groups excluding carboxylic acids is 3. The van der Waals surface area contributed by atoms with Gasteiger partial charge in [-0.1, -0.05) is 22.9 Å². The Morgan fingerprint density at radius 3 is 2.64 bits per heavy atom. The van der Waals surface area contributed by atoms with Gasteiger partial charge in [0.15, 0.2) is 10.9 Å². The number of aryl methyl sites for hydroxylation is 1. The Balaban J connectivity index is 1.32. The fraction of sp³-hybridized carbons (Fsp3) is 0.522. The number of aromatic nitrogens is 1. The van der Waals surface area contributed by atoms with Crippen LogP contribution >= 0.6 is 34.3 Å². The topological polar surface area (TPSA) is 122 Å². The number of amides is 2. The molecule has 0 aliphatic carbocycles. The summed E-state index contributed by atoms with van der Waals surface area (Å²) in [6, 6.07) is 3.10. The summed E-state index contributed by atoms with van der Waals surface area (Å²) in [5.41, 5.74) is -0.265. The molecule has 36 heavy (non-hydrogen) atoms. The number of rotatable bonds is 7. The first kappa shape index (κ1) is 26.7. The molecule has 2 atom stereocenters. The molecule has 0 unspecified atom stereocenters. The quantitative estimate of drug-likeness (QED) is 0.504. The van der Waals surface area contributed by atoms with Crippen molar-refractivity contribution in [1.82, 2.24) is 15.2 Å². The van der Waals surface area contributed by atoms with Gasteiger partial charge in [-0.05, 0) is 39.3 Å². The second-order valence-electron chi connectivity index (χ2n) is 9.53. The van der Waals surface area contributed by atoms with Gasteiger partial charge in [0.05, 0.1) is 32.8 Å². The van der Waals surface area contributed by atoms with Gasteiger partial charge in [0.2, 0.25) is 5.91 Å². The lowest BCUT2D eigenvalue weighted by Crippen LogP contribution is -2.43. The van der Waals surface area contributed by atoms with E-state index in [0.29, 0.717) is 51.8 Å². The summed E-state index contributed by atoms with van der Waals surface area (Å²) in [4.78, 5) is 49.7. The van der Waals surface area contributed by atoms with Crippen LogP contribution in [0.2, 0.25) is 4.34 Å². The van der Waals surface area contributed by atoms with E-state index in [0.717, 1.165) is 4.88 Å². The van der Waals surface area contributed by atoms with Crippen molar-refractivity contribution in [3.63, 3.8) is 0 Å². The monoisotopic (exact) mass is 553 g/mol. The highest BCUT2D eigenvalue weighted by Gasteiger charge is 2.35. The van der Waals surface area contributed by atoms with Crippen LogP contribution in [0.5, 0.6) is 0 Å². The van der Waals surface area contributed by atoms with Crippen molar-refractivity contribution in [3.8, 4) is 0 Å². The van der Waals surface area contributed by atoms with E-state index >= 15 is 0 Å². The number of nitrogens with zero attached hydrogens (tertiary/aromatic N) is 3. The first-order valence-electron chi connectivity index (χ1n) is 11.4. The summed E-state index contributed by atoms with van der Waals surface area (Å²) in [6.45, 7) is 6.50. The summed E-state index contributed by atoms with van der Waals surface area (Å²) >= 11 is 8.49. The lowest BCUT2D eigenvalue weighted by atomic mass is 10.1. The van der Waals surface area contributed by atoms with Gasteiger partial charge in [-0.2, -0.15) is 0 Å². The van der Waals surface area contributed by atoms with Gasteiger partial charge >= 0.3 is 5.97 Å². The molecule has 2 aromatic rings. The minimum Gasteiger partial charge on any atom is -0.455 e. The highest BCUT2D eigenvalue weighted by Crippen LogP contribution is 2.34. The van der Waals surface area contributed by atoms with E-state index in [4.69, 9.17) is 21.1 Å². The number of thiophene rings is 1. The minimum atomic E-state index is -0.599. The largest absolute Gasteiger partial charge is 0.455 e. The van der Waals surface area contributed by atoms with Gasteiger partial charge in [0.1, 0.15) is 11.3 Å². The first-order chi connectivity index (χ1) is 17.0. The van der Waals surface area contributed by atoms with E-state index < -0.39 is 11.6 Å². The minimum absolute atomic E-state index is 0.119. The molecule has 2 aromatic heterocycles. The van der Waals surface area contributed by atoms with E-state index in [2.05, 4.69) is 20.6 Å². The fourth-order valence-corrected chi connectivity index (χ4v) is 5.81. The van der Waals surface area contributed by atoms with Gasteiger partial charge in [-0.3, -0.25) is 14.5 Å². The van der Waals surface area contributed by atoms with Crippen molar-refractivity contribution in [2.24, 2.45) is 4.99 Å². The molecule has 10 nitrogen and oxygen atoms in total. The molecule has 1 saturated heterocycles. The molecule has 2 amide bonds. The number of carbonyl (C=O) groups is 3. The summed E-state index contributed by atoms with van der Waals surface area (Å²) in [6.07, 6.45) is 0.832. The van der Waals surface area contributed by atoms with E-state index in [1.165, 1.54) is 22.7 Å². The number of aliphatic imine (C=N–C) groups is 1. The predicted octanol–water partition coefficient (Wildman–Crippen LogP) is 3.29. The third-order valence-corrected chi connectivity index (χ3v) is 7.76. The number of ether oxygens (including phenoxy) is 2. The Morgan fingerprint density at radius 1 is 1.19 bits per heavy atom. The lowest BCUT2D eigenvalue weighted by molar-refractivity contribution is -0.146. The van der Waals surface area contributed by atoms with E-state index in [1.807, 2.05) is 4.90 Å². The Hall–Kier alpha value is -2.38. The Morgan fingerprint density at radius 2 is 1.97 bits per heavy atom. The van der Waals surface area contributed by atoms with Crippen LogP contribution in [0.4, 0.5) is 10.9 Å². The number of halogens is 1. The molecule has 13 heteroatoms. The van der Waals surface area contributed by atoms with Crippen molar-refractivity contribution < 1.29 is 23.9 Å².